The SMILES string of the molecule is [AlH3].[H-].[Li+].[SnH2].[Ti]. The fourth-order valence-electron chi connectivity index (χ4n) is 0. The first-order valence-electron chi connectivity index (χ1n) is 0. The van der Waals surface area contributed by atoms with Gasteiger partial charge in [-0.15, -0.1) is 0 Å². The van der Waals surface area contributed by atoms with Gasteiger partial charge in [-0.1, -0.05) is 0 Å². The molecule has 0 aromatic carbocycles. The first-order valence-corrected chi connectivity index (χ1v) is 0. The summed E-state index contributed by atoms with van der Waals surface area (Å²) >= 11 is 0. The topological polar surface area (TPSA) is 0 Å². The molecule has 0 spiro atoms. The molecule has 4 heavy (non-hydrogen) atoms. The van der Waals surface area contributed by atoms with Gasteiger partial charge in [0.2, 0.25) is 0 Å². The monoisotopic (exact) mass is 208 g/mol. The summed E-state index contributed by atoms with van der Waals surface area (Å²) in [6.07, 6.45) is 0. The Bertz CT molecular complexity index is 11.6. The van der Waals surface area contributed by atoms with E-state index in [-0.39, 0.29) is 83.3 Å². The van der Waals surface area contributed by atoms with E-state index in [1.165, 1.54) is 0 Å². The first kappa shape index (κ1) is 30.3. The summed E-state index contributed by atoms with van der Waals surface area (Å²) in [5, 5.41) is 0. The van der Waals surface area contributed by atoms with E-state index in [2.05, 4.69) is 0 Å². The van der Waals surface area contributed by atoms with Crippen LogP contribution in [0.2, 0.25) is 0 Å². The molecule has 4 heteroatoms. The molecule has 0 aliphatic rings. The summed E-state index contributed by atoms with van der Waals surface area (Å²) in [5.74, 6) is 0. The predicted octanol–water partition coefficient (Wildman–Crippen LogP) is -4.99. The minimum atomic E-state index is 0. The minimum Gasteiger partial charge on any atom is 0 e. The summed E-state index contributed by atoms with van der Waals surface area (Å²) in [6, 6.07) is 0. The van der Waals surface area contributed by atoms with Gasteiger partial charge in [0.05, 0.1) is 0 Å². The zero-order valence-corrected chi connectivity index (χ0v) is 7.80. The van der Waals surface area contributed by atoms with E-state index in [1.807, 2.05) is 0 Å². The van der Waals surface area contributed by atoms with Crippen molar-refractivity contribution in [3.63, 3.8) is 0 Å². The van der Waals surface area contributed by atoms with Crippen molar-refractivity contribution in [2.45, 2.75) is 0 Å². The molecular weight excluding hydrogens is 201 g/mol. The van der Waals surface area contributed by atoms with E-state index in [4.69, 9.17) is 0 Å². The Balaban J connectivity index is 0. The first-order chi connectivity index (χ1) is 0. The summed E-state index contributed by atoms with van der Waals surface area (Å²) in [6.45, 7) is 0. The van der Waals surface area contributed by atoms with Crippen LogP contribution >= 0.6 is 0 Å². The predicted molar refractivity (Wildman–Crippen MR) is 19.6 cm³/mol. The van der Waals surface area contributed by atoms with E-state index in [0.29, 0.717) is 0 Å². The number of rotatable bonds is 0. The van der Waals surface area contributed by atoms with Crippen LogP contribution in [0.3, 0.4) is 0 Å². The van der Waals surface area contributed by atoms with Crippen LogP contribution in [0.5, 0.6) is 0 Å². The third-order valence-electron chi connectivity index (χ3n) is 0. The van der Waals surface area contributed by atoms with Crippen molar-refractivity contribution in [2.75, 3.05) is 0 Å². The molecule has 0 aromatic rings. The molecule has 0 aliphatic carbocycles. The minimum absolute atomic E-state index is 0. The molecule has 0 aliphatic heterocycles. The third kappa shape index (κ3) is 8.82. The van der Waals surface area contributed by atoms with E-state index < -0.39 is 0 Å². The molecule has 0 saturated heterocycles. The molecule has 0 unspecified atom stereocenters. The van der Waals surface area contributed by atoms with E-state index >= 15 is 0 Å². The van der Waals surface area contributed by atoms with Gasteiger partial charge in [0.25, 0.3) is 0 Å². The van der Waals surface area contributed by atoms with Crippen LogP contribution in [0.15, 0.2) is 0 Å². The molecule has 0 rings (SSSR count). The second kappa shape index (κ2) is 17.4. The maximum Gasteiger partial charge on any atom is 0 e. The summed E-state index contributed by atoms with van der Waals surface area (Å²) < 4.78 is 0. The normalized spacial score (nSPS) is 0. The van der Waals surface area contributed by atoms with Crippen LogP contribution in [-0.4, -0.2) is 41.3 Å². The quantitative estimate of drug-likeness (QED) is 0.349. The molecule has 0 fully saturated rings. The van der Waals surface area contributed by atoms with Crippen LogP contribution in [0.25, 0.3) is 0 Å². The molecule has 0 N–H and O–H groups in total. The van der Waals surface area contributed by atoms with Crippen molar-refractivity contribution in [1.82, 2.24) is 0 Å². The van der Waals surface area contributed by atoms with E-state index in [9.17, 15) is 0 Å². The van der Waals surface area contributed by atoms with Crippen LogP contribution in [-0.2, 0) is 21.7 Å². The van der Waals surface area contributed by atoms with Crippen molar-refractivity contribution in [3.05, 3.63) is 0 Å². The zero-order chi connectivity index (χ0) is 0. The average molecular weight is 207 g/mol. The Kier molecular flexibility index (Phi) is 132. The zero-order valence-electron chi connectivity index (χ0n) is 3.21. The van der Waals surface area contributed by atoms with Crippen molar-refractivity contribution in [1.29, 1.82) is 0 Å². The van der Waals surface area contributed by atoms with Crippen LogP contribution in [0.4, 0.5) is 0 Å². The summed E-state index contributed by atoms with van der Waals surface area (Å²) in [4.78, 5) is 0. The maximum atomic E-state index is 0. The molecule has 0 heterocycles. The Morgan fingerprint density at radius 2 is 1.25 bits per heavy atom. The largest absolute Gasteiger partial charge is 0 e. The Morgan fingerprint density at radius 1 is 1.25 bits per heavy atom. The van der Waals surface area contributed by atoms with Gasteiger partial charge >= 0.3 is 42.8 Å². The van der Waals surface area contributed by atoms with Gasteiger partial charge in [-0.3, -0.25) is 0 Å². The van der Waals surface area contributed by atoms with Crippen molar-refractivity contribution in [3.8, 4) is 0 Å². The van der Waals surface area contributed by atoms with Crippen molar-refractivity contribution < 1.29 is 42.0 Å². The van der Waals surface area contributed by atoms with Crippen molar-refractivity contribution in [2.24, 2.45) is 0 Å². The summed E-state index contributed by atoms with van der Waals surface area (Å²) in [5.41, 5.74) is 0. The average Bonchev–Trinajstić information content (AvgIpc) is 0. The Labute approximate surface area is 82.1 Å². The van der Waals surface area contributed by atoms with Crippen molar-refractivity contribution >= 4 is 41.3 Å². The molecule has 0 amide bonds. The molecule has 0 aromatic heterocycles. The molecular formula is H6AlLiSnTi. The fraction of sp³-hybridized carbons (Fsp3) is 0. The standard InChI is InChI=1S/Al.Li.Sn.Ti.6H/q;+1;;;;;;;;-1. The summed E-state index contributed by atoms with van der Waals surface area (Å²) in [7, 11) is 0. The van der Waals surface area contributed by atoms with E-state index in [1.54, 1.807) is 0 Å². The van der Waals surface area contributed by atoms with Gasteiger partial charge in [-0.25, -0.2) is 0 Å². The molecule has 0 saturated carbocycles. The molecule has 0 nitrogen and oxygen atoms in total. The fourth-order valence-corrected chi connectivity index (χ4v) is 0. The Hall–Kier alpha value is 2.64. The van der Waals surface area contributed by atoms with Gasteiger partial charge in [-0.05, 0) is 0 Å². The smallest absolute Gasteiger partial charge is 0 e. The Morgan fingerprint density at radius 3 is 1.25 bits per heavy atom. The van der Waals surface area contributed by atoms with Gasteiger partial charge in [-0.2, -0.15) is 0 Å². The number of hydrogen-bond donors (Lipinski definition) is 0. The van der Waals surface area contributed by atoms with E-state index in [0.717, 1.165) is 0 Å². The maximum absolute atomic E-state index is 0. The van der Waals surface area contributed by atoms with Gasteiger partial charge in [0, 0.05) is 21.7 Å². The van der Waals surface area contributed by atoms with Gasteiger partial charge < -0.3 is 1.43 Å². The molecule has 0 bridgehead atoms. The number of hydrogen-bond acceptors (Lipinski definition) is 0. The molecule has 18 valence electrons. The second-order valence-corrected chi connectivity index (χ2v) is 0. The molecule has 0 atom stereocenters. The second-order valence-electron chi connectivity index (χ2n) is 0. The van der Waals surface area contributed by atoms with Crippen LogP contribution in [0, 0.1) is 0 Å². The molecule has 2 radical (unpaired) electrons. The third-order valence-corrected chi connectivity index (χ3v) is 0. The van der Waals surface area contributed by atoms with Gasteiger partial charge in [0.1, 0.15) is 0 Å². The van der Waals surface area contributed by atoms with Gasteiger partial charge in [0.15, 0.2) is 17.4 Å². The van der Waals surface area contributed by atoms with Crippen LogP contribution in [0.1, 0.15) is 1.43 Å². The van der Waals surface area contributed by atoms with Crippen LogP contribution < -0.4 is 18.9 Å².